The first-order chi connectivity index (χ1) is 21.2. The minimum atomic E-state index is -2.04. The number of esters is 2. The highest BCUT2D eigenvalue weighted by Crippen LogP contribution is 2.45. The first-order valence-corrected chi connectivity index (χ1v) is 15.0. The average molecular weight is 642 g/mol. The highest BCUT2D eigenvalue weighted by molar-refractivity contribution is 8.00. The predicted molar refractivity (Wildman–Crippen MR) is 161 cm³/mol. The topological polar surface area (TPSA) is 184 Å². The molecule has 4 N–H and O–H groups in total. The summed E-state index contributed by atoms with van der Waals surface area (Å²) in [5, 5.41) is 11.3. The van der Waals surface area contributed by atoms with Crippen LogP contribution in [0.4, 0.5) is 4.79 Å². The molecule has 0 spiro atoms. The molecule has 2 heterocycles. The summed E-state index contributed by atoms with van der Waals surface area (Å²) in [6, 6.07) is 16.5. The van der Waals surface area contributed by atoms with Crippen LogP contribution in [-0.4, -0.2) is 81.6 Å². The fourth-order valence-electron chi connectivity index (χ4n) is 4.67. The van der Waals surface area contributed by atoms with Crippen LogP contribution >= 0.6 is 11.8 Å². The summed E-state index contributed by atoms with van der Waals surface area (Å²) in [6.07, 6.45) is -1.78. The second-order valence-electron chi connectivity index (χ2n) is 11.3. The molecule has 4 rings (SSSR count). The Labute approximate surface area is 264 Å². The van der Waals surface area contributed by atoms with Crippen LogP contribution in [0.1, 0.15) is 44.9 Å². The van der Waals surface area contributed by atoms with Gasteiger partial charge < -0.3 is 29.4 Å². The van der Waals surface area contributed by atoms with E-state index < -0.39 is 65.4 Å². The van der Waals surface area contributed by atoms with Gasteiger partial charge in [0.15, 0.2) is 12.1 Å². The number of rotatable bonds is 11. The molecule has 1 unspecified atom stereocenters. The number of ether oxygens (including phenoxy) is 4. The lowest BCUT2D eigenvalue weighted by Gasteiger charge is -2.54. The fraction of sp³-hybridized carbons (Fsp3) is 0.387. The molecule has 1 saturated heterocycles. The summed E-state index contributed by atoms with van der Waals surface area (Å²) in [5.41, 5.74) is 4.64. The summed E-state index contributed by atoms with van der Waals surface area (Å²) in [5.74, 6) is -3.70. The number of fused-ring (bicyclic) bond motifs is 1. The van der Waals surface area contributed by atoms with Crippen molar-refractivity contribution in [3.8, 4) is 0 Å². The number of benzene rings is 2. The standard InChI is InChI=1S/C31H35N3O10S/c1-18(35)41-15-21-17-45-28-31(32,27(39)34(28)23(21)25(36)37)42-16-22(33-29(40)44-30(2,3)4)26(38)43-24(19-11-7-5-8-12-19)20-13-9-6-10-14-20/h5-14,22,24,28H,15-17,32H2,1-4H3,(H,33,40)(H,36,37)/t22?,28-,31-/m1/s1. The Balaban J connectivity index is 1.56. The lowest BCUT2D eigenvalue weighted by molar-refractivity contribution is -0.191. The van der Waals surface area contributed by atoms with Gasteiger partial charge in [-0.15, -0.1) is 11.8 Å². The molecule has 2 aliphatic heterocycles. The second-order valence-corrected chi connectivity index (χ2v) is 12.4. The van der Waals surface area contributed by atoms with Crippen molar-refractivity contribution in [1.82, 2.24) is 10.2 Å². The molecule has 13 nitrogen and oxygen atoms in total. The van der Waals surface area contributed by atoms with E-state index >= 15 is 0 Å². The molecule has 14 heteroatoms. The Morgan fingerprint density at radius 1 is 1.07 bits per heavy atom. The smallest absolute Gasteiger partial charge is 0.408 e. The van der Waals surface area contributed by atoms with Crippen molar-refractivity contribution < 1.29 is 48.0 Å². The van der Waals surface area contributed by atoms with Crippen LogP contribution in [0.15, 0.2) is 71.9 Å². The number of nitrogens with two attached hydrogens (primary N) is 1. The van der Waals surface area contributed by atoms with E-state index in [1.807, 2.05) is 12.1 Å². The summed E-state index contributed by atoms with van der Waals surface area (Å²) < 4.78 is 22.0. The molecule has 2 aliphatic rings. The zero-order chi connectivity index (χ0) is 32.9. The molecule has 3 atom stereocenters. The number of aliphatic carboxylic acids is 1. The first kappa shape index (κ1) is 33.5. The third kappa shape index (κ3) is 7.82. The van der Waals surface area contributed by atoms with Crippen LogP contribution in [0.25, 0.3) is 0 Å². The molecule has 0 aliphatic carbocycles. The van der Waals surface area contributed by atoms with Crippen molar-refractivity contribution in [1.29, 1.82) is 0 Å². The van der Waals surface area contributed by atoms with Gasteiger partial charge in [-0.05, 0) is 31.9 Å². The van der Waals surface area contributed by atoms with Gasteiger partial charge in [-0.2, -0.15) is 0 Å². The molecule has 2 aromatic carbocycles. The third-order valence-corrected chi connectivity index (χ3v) is 8.09. The van der Waals surface area contributed by atoms with Crippen molar-refractivity contribution >= 4 is 41.7 Å². The van der Waals surface area contributed by atoms with Crippen LogP contribution < -0.4 is 11.1 Å². The van der Waals surface area contributed by atoms with Gasteiger partial charge in [0.1, 0.15) is 23.3 Å². The molecule has 1 fully saturated rings. The monoisotopic (exact) mass is 641 g/mol. The largest absolute Gasteiger partial charge is 0.477 e. The molecule has 45 heavy (non-hydrogen) atoms. The summed E-state index contributed by atoms with van der Waals surface area (Å²) >= 11 is 1.11. The maximum atomic E-state index is 13.7. The normalized spacial score (nSPS) is 20.1. The Kier molecular flexibility index (Phi) is 10.2. The number of amides is 2. The molecular formula is C31H35N3O10S. The molecule has 0 radical (unpaired) electrons. The van der Waals surface area contributed by atoms with Crippen LogP contribution in [0.5, 0.6) is 0 Å². The highest BCUT2D eigenvalue weighted by Gasteiger charge is 2.64. The van der Waals surface area contributed by atoms with E-state index in [1.54, 1.807) is 69.3 Å². The summed E-state index contributed by atoms with van der Waals surface area (Å²) in [4.78, 5) is 64.0. The van der Waals surface area contributed by atoms with Crippen LogP contribution in [-0.2, 0) is 38.1 Å². The van der Waals surface area contributed by atoms with Crippen molar-refractivity contribution in [3.63, 3.8) is 0 Å². The maximum absolute atomic E-state index is 13.7. The number of hydrogen-bond donors (Lipinski definition) is 3. The van der Waals surface area contributed by atoms with Gasteiger partial charge >= 0.3 is 24.0 Å². The molecule has 0 aromatic heterocycles. The zero-order valence-electron chi connectivity index (χ0n) is 25.2. The number of carbonyl (C=O) groups is 5. The molecule has 0 bridgehead atoms. The van der Waals surface area contributed by atoms with Crippen LogP contribution in [0, 0.1) is 0 Å². The Bertz CT molecular complexity index is 1440. The van der Waals surface area contributed by atoms with Crippen molar-refractivity contribution in [2.75, 3.05) is 19.0 Å². The number of alkyl carbamates (subject to hydrolysis) is 1. The zero-order valence-corrected chi connectivity index (χ0v) is 26.0. The number of nitrogens with zero attached hydrogens (tertiary/aromatic N) is 1. The van der Waals surface area contributed by atoms with E-state index in [0.717, 1.165) is 16.7 Å². The van der Waals surface area contributed by atoms with Crippen LogP contribution in [0.2, 0.25) is 0 Å². The average Bonchev–Trinajstić information content (AvgIpc) is 2.99. The summed E-state index contributed by atoms with van der Waals surface area (Å²) in [6.45, 7) is 5.22. The molecule has 2 aromatic rings. The van der Waals surface area contributed by atoms with Gasteiger partial charge in [0.05, 0.1) is 6.61 Å². The number of hydrogen-bond acceptors (Lipinski definition) is 11. The predicted octanol–water partition coefficient (Wildman–Crippen LogP) is 2.70. The third-order valence-electron chi connectivity index (χ3n) is 6.70. The van der Waals surface area contributed by atoms with Gasteiger partial charge in [-0.25, -0.2) is 14.4 Å². The Morgan fingerprint density at radius 3 is 2.16 bits per heavy atom. The van der Waals surface area contributed by atoms with E-state index in [4.69, 9.17) is 24.7 Å². The number of thioether (sulfide) groups is 1. The fourth-order valence-corrected chi connectivity index (χ4v) is 6.02. The summed E-state index contributed by atoms with van der Waals surface area (Å²) in [7, 11) is 0. The number of carbonyl (C=O) groups excluding carboxylic acids is 4. The van der Waals surface area contributed by atoms with E-state index in [0.29, 0.717) is 11.1 Å². The Hall–Kier alpha value is -4.40. The van der Waals surface area contributed by atoms with Crippen LogP contribution in [0.3, 0.4) is 0 Å². The minimum Gasteiger partial charge on any atom is -0.477 e. The lowest BCUT2D eigenvalue weighted by Crippen LogP contribution is -2.79. The number of carboxylic acid groups (broad SMARTS) is 1. The lowest BCUT2D eigenvalue weighted by atomic mass is 9.99. The van der Waals surface area contributed by atoms with Gasteiger partial charge in [0, 0.05) is 18.2 Å². The Morgan fingerprint density at radius 2 is 1.64 bits per heavy atom. The molecule has 240 valence electrons. The van der Waals surface area contributed by atoms with Crippen molar-refractivity contribution in [2.45, 2.75) is 56.5 Å². The van der Waals surface area contributed by atoms with E-state index in [1.165, 1.54) is 6.92 Å². The number of β-lactam (4-membered cyclic amide) rings is 1. The van der Waals surface area contributed by atoms with Gasteiger partial charge in [-0.3, -0.25) is 20.2 Å². The van der Waals surface area contributed by atoms with E-state index in [2.05, 4.69) is 5.32 Å². The number of nitrogens with one attached hydrogen (secondary N) is 1. The van der Waals surface area contributed by atoms with Crippen molar-refractivity contribution in [2.24, 2.45) is 5.73 Å². The van der Waals surface area contributed by atoms with Crippen molar-refractivity contribution in [3.05, 3.63) is 83.1 Å². The maximum Gasteiger partial charge on any atom is 0.408 e. The molecule has 0 saturated carbocycles. The second kappa shape index (κ2) is 13.7. The van der Waals surface area contributed by atoms with E-state index in [-0.39, 0.29) is 23.6 Å². The van der Waals surface area contributed by atoms with Gasteiger partial charge in [0.25, 0.3) is 5.91 Å². The van der Waals surface area contributed by atoms with Gasteiger partial charge in [-0.1, -0.05) is 60.7 Å². The molecular weight excluding hydrogens is 606 g/mol. The quantitative estimate of drug-likeness (QED) is 0.141. The minimum absolute atomic E-state index is 0.0864. The SMILES string of the molecule is CC(=O)OCC1=C(C(=O)O)N2C(=O)[C@@](N)(OCC(NC(=O)OC(C)(C)C)C(=O)OC(c3ccccc3)c3ccccc3)[C@H]2SC1. The first-order valence-electron chi connectivity index (χ1n) is 14.0. The molecule has 2 amide bonds. The van der Waals surface area contributed by atoms with Gasteiger partial charge in [0.2, 0.25) is 5.72 Å². The number of carboxylic acids is 1. The highest BCUT2D eigenvalue weighted by atomic mass is 32.2. The van der Waals surface area contributed by atoms with E-state index in [9.17, 15) is 29.1 Å².